The van der Waals surface area contributed by atoms with Crippen LogP contribution in [0.3, 0.4) is 0 Å². The summed E-state index contributed by atoms with van der Waals surface area (Å²) in [5, 5.41) is 2.60. The van der Waals surface area contributed by atoms with Gasteiger partial charge >= 0.3 is 0 Å². The highest BCUT2D eigenvalue weighted by Crippen LogP contribution is 2.18. The predicted octanol–water partition coefficient (Wildman–Crippen LogP) is 3.07. The van der Waals surface area contributed by atoms with Gasteiger partial charge in [-0.15, -0.1) is 0 Å². The molecule has 2 rings (SSSR count). The Morgan fingerprint density at radius 3 is 2.44 bits per heavy atom. The zero-order valence-corrected chi connectivity index (χ0v) is 15.9. The fourth-order valence-corrected chi connectivity index (χ4v) is 2.84. The van der Waals surface area contributed by atoms with Gasteiger partial charge in [-0.25, -0.2) is 4.39 Å². The van der Waals surface area contributed by atoms with E-state index in [0.29, 0.717) is 6.42 Å². The molecule has 0 aliphatic heterocycles. The minimum absolute atomic E-state index is 0.00897. The number of carbonyl (C=O) groups is 2. The van der Waals surface area contributed by atoms with Crippen LogP contribution in [0.5, 0.6) is 5.75 Å². The number of ether oxygens (including phenoxy) is 1. The SMILES string of the molecule is CC[C@@H](C(=O)NC)N(Cc1ccccc1C)C(=O)COc1ccccc1F. The van der Waals surface area contributed by atoms with Crippen molar-refractivity contribution in [1.29, 1.82) is 0 Å². The molecule has 0 saturated carbocycles. The van der Waals surface area contributed by atoms with E-state index in [1.807, 2.05) is 38.1 Å². The Labute approximate surface area is 159 Å². The number of halogens is 1. The van der Waals surface area contributed by atoms with E-state index < -0.39 is 11.9 Å². The molecule has 0 heterocycles. The van der Waals surface area contributed by atoms with E-state index in [-0.39, 0.29) is 30.7 Å². The summed E-state index contributed by atoms with van der Waals surface area (Å²) in [6, 6.07) is 13.0. The minimum atomic E-state index is -0.633. The van der Waals surface area contributed by atoms with E-state index in [1.165, 1.54) is 24.1 Å². The van der Waals surface area contributed by atoms with Gasteiger partial charge in [0.25, 0.3) is 5.91 Å². The van der Waals surface area contributed by atoms with Crippen molar-refractivity contribution in [3.8, 4) is 5.75 Å². The lowest BCUT2D eigenvalue weighted by molar-refractivity contribution is -0.142. The normalized spacial score (nSPS) is 11.6. The molecule has 0 saturated heterocycles. The van der Waals surface area contributed by atoms with Crippen LogP contribution in [0.25, 0.3) is 0 Å². The first-order chi connectivity index (χ1) is 13.0. The number of rotatable bonds is 8. The van der Waals surface area contributed by atoms with Gasteiger partial charge in [0, 0.05) is 13.6 Å². The summed E-state index contributed by atoms with van der Waals surface area (Å²) < 4.78 is 19.1. The number of para-hydroxylation sites is 1. The molecular weight excluding hydrogens is 347 g/mol. The van der Waals surface area contributed by atoms with Gasteiger partial charge in [-0.05, 0) is 36.6 Å². The van der Waals surface area contributed by atoms with E-state index in [1.54, 1.807) is 12.1 Å². The zero-order chi connectivity index (χ0) is 19.8. The van der Waals surface area contributed by atoms with Crippen LogP contribution in [0.2, 0.25) is 0 Å². The Bertz CT molecular complexity index is 795. The molecule has 0 aliphatic carbocycles. The predicted molar refractivity (Wildman–Crippen MR) is 102 cm³/mol. The van der Waals surface area contributed by atoms with Crippen LogP contribution in [0, 0.1) is 12.7 Å². The number of hydrogen-bond acceptors (Lipinski definition) is 3. The summed E-state index contributed by atoms with van der Waals surface area (Å²) >= 11 is 0. The standard InChI is InChI=1S/C21H25FN2O3/c1-4-18(21(26)23-3)24(13-16-10-6-5-9-15(16)2)20(25)14-27-19-12-8-7-11-17(19)22/h5-12,18H,4,13-14H2,1-3H3,(H,23,26)/t18-/m0/s1. The molecule has 0 aromatic heterocycles. The van der Waals surface area contributed by atoms with Crippen LogP contribution in [-0.2, 0) is 16.1 Å². The van der Waals surface area contributed by atoms with Crippen molar-refractivity contribution >= 4 is 11.8 Å². The van der Waals surface area contributed by atoms with Gasteiger partial charge in [0.2, 0.25) is 5.91 Å². The Morgan fingerprint density at radius 2 is 1.81 bits per heavy atom. The molecule has 2 aromatic rings. The molecule has 0 bridgehead atoms. The van der Waals surface area contributed by atoms with E-state index in [4.69, 9.17) is 4.74 Å². The first-order valence-electron chi connectivity index (χ1n) is 8.90. The lowest BCUT2D eigenvalue weighted by Crippen LogP contribution is -2.49. The maximum atomic E-state index is 13.7. The number of amides is 2. The van der Waals surface area contributed by atoms with E-state index in [0.717, 1.165) is 11.1 Å². The molecule has 0 fully saturated rings. The fourth-order valence-electron chi connectivity index (χ4n) is 2.84. The van der Waals surface area contributed by atoms with Crippen molar-refractivity contribution in [2.75, 3.05) is 13.7 Å². The summed E-state index contributed by atoms with van der Waals surface area (Å²) in [5.74, 6) is -1.15. The smallest absolute Gasteiger partial charge is 0.261 e. The van der Waals surface area contributed by atoms with Crippen molar-refractivity contribution in [2.24, 2.45) is 0 Å². The van der Waals surface area contributed by atoms with Crippen LogP contribution in [0.15, 0.2) is 48.5 Å². The third-order valence-electron chi connectivity index (χ3n) is 4.42. The first-order valence-corrected chi connectivity index (χ1v) is 8.90. The van der Waals surface area contributed by atoms with Crippen LogP contribution >= 0.6 is 0 Å². The Morgan fingerprint density at radius 1 is 1.15 bits per heavy atom. The highest BCUT2D eigenvalue weighted by Gasteiger charge is 2.28. The van der Waals surface area contributed by atoms with Crippen molar-refractivity contribution in [2.45, 2.75) is 32.9 Å². The van der Waals surface area contributed by atoms with Crippen LogP contribution in [0.4, 0.5) is 4.39 Å². The zero-order valence-electron chi connectivity index (χ0n) is 15.9. The Kier molecular flexibility index (Phi) is 7.34. The Hall–Kier alpha value is -2.89. The minimum Gasteiger partial charge on any atom is -0.481 e. The van der Waals surface area contributed by atoms with Gasteiger partial charge in [-0.1, -0.05) is 43.3 Å². The van der Waals surface area contributed by atoms with Gasteiger partial charge in [-0.3, -0.25) is 9.59 Å². The topological polar surface area (TPSA) is 58.6 Å². The van der Waals surface area contributed by atoms with Crippen molar-refractivity contribution in [3.05, 3.63) is 65.5 Å². The molecule has 144 valence electrons. The molecule has 6 heteroatoms. The molecule has 2 aromatic carbocycles. The first kappa shape index (κ1) is 20.4. The maximum absolute atomic E-state index is 13.7. The quantitative estimate of drug-likeness (QED) is 0.775. The molecule has 0 radical (unpaired) electrons. The fraction of sp³-hybridized carbons (Fsp3) is 0.333. The largest absolute Gasteiger partial charge is 0.481 e. The summed E-state index contributed by atoms with van der Waals surface area (Å²) in [4.78, 5) is 26.6. The number of hydrogen-bond donors (Lipinski definition) is 1. The average molecular weight is 372 g/mol. The molecule has 0 spiro atoms. The van der Waals surface area contributed by atoms with Gasteiger partial charge < -0.3 is 15.0 Å². The lowest BCUT2D eigenvalue weighted by atomic mass is 10.1. The Balaban J connectivity index is 2.22. The summed E-state index contributed by atoms with van der Waals surface area (Å²) in [6.45, 7) is 3.73. The molecule has 1 N–H and O–H groups in total. The third kappa shape index (κ3) is 5.29. The number of aryl methyl sites for hydroxylation is 1. The molecule has 27 heavy (non-hydrogen) atoms. The second-order valence-electron chi connectivity index (χ2n) is 6.21. The lowest BCUT2D eigenvalue weighted by Gasteiger charge is -2.30. The third-order valence-corrected chi connectivity index (χ3v) is 4.42. The average Bonchev–Trinajstić information content (AvgIpc) is 2.68. The molecule has 5 nitrogen and oxygen atoms in total. The van der Waals surface area contributed by atoms with E-state index in [2.05, 4.69) is 5.32 Å². The van der Waals surface area contributed by atoms with E-state index in [9.17, 15) is 14.0 Å². The summed E-state index contributed by atoms with van der Waals surface area (Å²) in [7, 11) is 1.54. The molecule has 1 atom stereocenters. The molecule has 0 aliphatic rings. The van der Waals surface area contributed by atoms with Crippen molar-refractivity contribution in [1.82, 2.24) is 10.2 Å². The molecular formula is C21H25FN2O3. The highest BCUT2D eigenvalue weighted by molar-refractivity contribution is 5.88. The van der Waals surface area contributed by atoms with Crippen molar-refractivity contribution in [3.63, 3.8) is 0 Å². The van der Waals surface area contributed by atoms with E-state index >= 15 is 0 Å². The summed E-state index contributed by atoms with van der Waals surface area (Å²) in [6.07, 6.45) is 0.455. The summed E-state index contributed by atoms with van der Waals surface area (Å²) in [5.41, 5.74) is 1.97. The van der Waals surface area contributed by atoms with Gasteiger partial charge in [0.1, 0.15) is 6.04 Å². The van der Waals surface area contributed by atoms with Crippen LogP contribution in [0.1, 0.15) is 24.5 Å². The number of nitrogens with zero attached hydrogens (tertiary/aromatic N) is 1. The van der Waals surface area contributed by atoms with Gasteiger partial charge in [-0.2, -0.15) is 0 Å². The van der Waals surface area contributed by atoms with Gasteiger partial charge in [0.15, 0.2) is 18.2 Å². The van der Waals surface area contributed by atoms with Crippen molar-refractivity contribution < 1.29 is 18.7 Å². The maximum Gasteiger partial charge on any atom is 0.261 e. The van der Waals surface area contributed by atoms with Crippen LogP contribution in [-0.4, -0.2) is 36.4 Å². The van der Waals surface area contributed by atoms with Crippen LogP contribution < -0.4 is 10.1 Å². The second-order valence-corrected chi connectivity index (χ2v) is 6.21. The number of nitrogens with one attached hydrogen (secondary N) is 1. The monoisotopic (exact) mass is 372 g/mol. The highest BCUT2D eigenvalue weighted by atomic mass is 19.1. The molecule has 0 unspecified atom stereocenters. The second kappa shape index (κ2) is 9.71. The number of likely N-dealkylation sites (N-methyl/N-ethyl adjacent to an activating group) is 1. The number of benzene rings is 2. The van der Waals surface area contributed by atoms with Gasteiger partial charge in [0.05, 0.1) is 0 Å². The molecule has 2 amide bonds. The number of carbonyl (C=O) groups excluding carboxylic acids is 2.